The number of aliphatic carboxylic acids is 1. The van der Waals surface area contributed by atoms with Crippen LogP contribution in [-0.2, 0) is 29.0 Å². The van der Waals surface area contributed by atoms with E-state index < -0.39 is 5.97 Å². The molecule has 1 aromatic heterocycles. The summed E-state index contributed by atoms with van der Waals surface area (Å²) < 4.78 is 7.09. The van der Waals surface area contributed by atoms with E-state index in [0.717, 1.165) is 30.6 Å². The van der Waals surface area contributed by atoms with Gasteiger partial charge in [0, 0.05) is 10.7 Å². The lowest BCUT2D eigenvalue weighted by atomic mass is 10.2. The Balaban J connectivity index is 1.88. The highest BCUT2D eigenvalue weighted by Gasteiger charge is 2.23. The van der Waals surface area contributed by atoms with E-state index in [2.05, 4.69) is 5.10 Å². The lowest BCUT2D eigenvalue weighted by Gasteiger charge is -2.05. The highest BCUT2D eigenvalue weighted by atomic mass is 35.5. The van der Waals surface area contributed by atoms with Crippen molar-refractivity contribution >= 4 is 17.6 Å². The summed E-state index contributed by atoms with van der Waals surface area (Å²) in [5.74, 6) is -0.969. The second kappa shape index (κ2) is 5.87. The number of fused-ring (bicyclic) bond motifs is 1. The van der Waals surface area contributed by atoms with Crippen molar-refractivity contribution in [1.82, 2.24) is 9.78 Å². The van der Waals surface area contributed by atoms with E-state index in [1.165, 1.54) is 11.3 Å². The minimum absolute atomic E-state index is 0.231. The fraction of sp³-hybridized carbons (Fsp3) is 0.333. The number of carboxylic acids is 1. The maximum absolute atomic E-state index is 10.5. The van der Waals surface area contributed by atoms with E-state index in [9.17, 15) is 4.79 Å². The summed E-state index contributed by atoms with van der Waals surface area (Å²) in [6.45, 7) is -0.0716. The topological polar surface area (TPSA) is 64.3 Å². The van der Waals surface area contributed by atoms with E-state index in [1.54, 1.807) is 0 Å². The molecule has 0 atom stereocenters. The Morgan fingerprint density at radius 1 is 1.33 bits per heavy atom. The molecule has 2 aromatic rings. The van der Waals surface area contributed by atoms with Gasteiger partial charge in [0.05, 0.1) is 18.0 Å². The molecule has 1 aliphatic rings. The van der Waals surface area contributed by atoms with Crippen molar-refractivity contribution < 1.29 is 14.6 Å². The first-order chi connectivity index (χ1) is 10.1. The Morgan fingerprint density at radius 2 is 2.10 bits per heavy atom. The van der Waals surface area contributed by atoms with Crippen LogP contribution in [0.1, 0.15) is 23.4 Å². The molecule has 1 heterocycles. The molecule has 5 nitrogen and oxygen atoms in total. The smallest absolute Gasteiger partial charge is 0.329 e. The van der Waals surface area contributed by atoms with Crippen molar-refractivity contribution in [3.8, 4) is 5.69 Å². The van der Waals surface area contributed by atoms with Gasteiger partial charge in [-0.05, 0) is 49.1 Å². The van der Waals surface area contributed by atoms with Gasteiger partial charge in [-0.3, -0.25) is 0 Å². The number of rotatable bonds is 5. The van der Waals surface area contributed by atoms with Gasteiger partial charge in [0.1, 0.15) is 6.61 Å². The van der Waals surface area contributed by atoms with Crippen LogP contribution in [0.3, 0.4) is 0 Å². The maximum atomic E-state index is 10.5. The van der Waals surface area contributed by atoms with Crippen molar-refractivity contribution in [2.45, 2.75) is 25.9 Å². The SMILES string of the molecule is O=C(O)COCc1nn(-c2ccc(Cl)cc2)c2c1CCC2. The van der Waals surface area contributed by atoms with E-state index in [4.69, 9.17) is 21.4 Å². The van der Waals surface area contributed by atoms with Gasteiger partial charge in [0.25, 0.3) is 0 Å². The third-order valence-electron chi connectivity index (χ3n) is 3.55. The quantitative estimate of drug-likeness (QED) is 0.922. The molecule has 6 heteroatoms. The molecule has 1 aromatic carbocycles. The van der Waals surface area contributed by atoms with Crippen molar-refractivity contribution in [3.05, 3.63) is 46.2 Å². The average molecular weight is 307 g/mol. The number of benzene rings is 1. The number of halogens is 1. The summed E-state index contributed by atoms with van der Waals surface area (Å²) in [6.07, 6.45) is 3.03. The van der Waals surface area contributed by atoms with Crippen LogP contribution in [-0.4, -0.2) is 27.5 Å². The Labute approximate surface area is 127 Å². The van der Waals surface area contributed by atoms with Crippen LogP contribution < -0.4 is 0 Å². The van der Waals surface area contributed by atoms with Crippen LogP contribution in [0.25, 0.3) is 5.69 Å². The number of carbonyl (C=O) groups is 1. The van der Waals surface area contributed by atoms with E-state index in [-0.39, 0.29) is 13.2 Å². The third kappa shape index (κ3) is 2.94. The Bertz CT molecular complexity index is 664. The molecule has 1 N–H and O–H groups in total. The van der Waals surface area contributed by atoms with Gasteiger partial charge < -0.3 is 9.84 Å². The lowest BCUT2D eigenvalue weighted by Crippen LogP contribution is -2.08. The van der Waals surface area contributed by atoms with Gasteiger partial charge in [-0.1, -0.05) is 11.6 Å². The van der Waals surface area contributed by atoms with Gasteiger partial charge in [-0.15, -0.1) is 0 Å². The molecule has 0 saturated carbocycles. The van der Waals surface area contributed by atoms with Crippen molar-refractivity contribution in [1.29, 1.82) is 0 Å². The van der Waals surface area contributed by atoms with Crippen molar-refractivity contribution in [3.63, 3.8) is 0 Å². The zero-order valence-electron chi connectivity index (χ0n) is 11.4. The second-order valence-electron chi connectivity index (χ2n) is 5.00. The number of hydrogen-bond donors (Lipinski definition) is 1. The number of nitrogens with zero attached hydrogens (tertiary/aromatic N) is 2. The molecule has 0 spiro atoms. The van der Waals surface area contributed by atoms with Gasteiger partial charge in [-0.2, -0.15) is 5.10 Å². The second-order valence-corrected chi connectivity index (χ2v) is 5.44. The highest BCUT2D eigenvalue weighted by molar-refractivity contribution is 6.30. The fourth-order valence-electron chi connectivity index (χ4n) is 2.66. The van der Waals surface area contributed by atoms with Crippen LogP contribution >= 0.6 is 11.6 Å². The molecular weight excluding hydrogens is 292 g/mol. The molecule has 0 bridgehead atoms. The zero-order valence-corrected chi connectivity index (χ0v) is 12.1. The first-order valence-electron chi connectivity index (χ1n) is 6.80. The monoisotopic (exact) mass is 306 g/mol. The van der Waals surface area contributed by atoms with Gasteiger partial charge in [-0.25, -0.2) is 9.48 Å². The molecule has 0 amide bonds. The minimum Gasteiger partial charge on any atom is -0.480 e. The van der Waals surface area contributed by atoms with Gasteiger partial charge in [0.15, 0.2) is 0 Å². The summed E-state index contributed by atoms with van der Waals surface area (Å²) in [5, 5.41) is 13.9. The number of hydrogen-bond acceptors (Lipinski definition) is 3. The highest BCUT2D eigenvalue weighted by Crippen LogP contribution is 2.28. The molecule has 0 radical (unpaired) electrons. The first-order valence-corrected chi connectivity index (χ1v) is 7.18. The molecule has 0 unspecified atom stereocenters. The molecule has 110 valence electrons. The molecule has 0 aliphatic heterocycles. The van der Waals surface area contributed by atoms with E-state index in [1.807, 2.05) is 28.9 Å². The molecule has 0 saturated heterocycles. The molecule has 21 heavy (non-hydrogen) atoms. The van der Waals surface area contributed by atoms with Crippen LogP contribution in [0, 0.1) is 0 Å². The number of ether oxygens (including phenoxy) is 1. The van der Waals surface area contributed by atoms with Crippen LogP contribution in [0.5, 0.6) is 0 Å². The normalized spacial score (nSPS) is 13.4. The maximum Gasteiger partial charge on any atom is 0.329 e. The van der Waals surface area contributed by atoms with Crippen molar-refractivity contribution in [2.75, 3.05) is 6.61 Å². The predicted octanol–water partition coefficient (Wildman–Crippen LogP) is 2.62. The van der Waals surface area contributed by atoms with E-state index >= 15 is 0 Å². The Hall–Kier alpha value is -1.85. The Kier molecular flexibility index (Phi) is 3.94. The molecule has 3 rings (SSSR count). The van der Waals surface area contributed by atoms with Gasteiger partial charge >= 0.3 is 5.97 Å². The number of carboxylic acid groups (broad SMARTS) is 1. The van der Waals surface area contributed by atoms with E-state index in [0.29, 0.717) is 5.02 Å². The predicted molar refractivity (Wildman–Crippen MR) is 77.9 cm³/mol. The lowest BCUT2D eigenvalue weighted by molar-refractivity contribution is -0.142. The molecular formula is C15H15ClN2O3. The first kappa shape index (κ1) is 14.1. The zero-order chi connectivity index (χ0) is 14.8. The molecule has 1 aliphatic carbocycles. The minimum atomic E-state index is -0.969. The van der Waals surface area contributed by atoms with Crippen LogP contribution in [0.2, 0.25) is 5.02 Å². The number of aromatic nitrogens is 2. The summed E-state index contributed by atoms with van der Waals surface area (Å²) in [5.41, 5.74) is 4.17. The summed E-state index contributed by atoms with van der Waals surface area (Å²) >= 11 is 5.91. The van der Waals surface area contributed by atoms with Crippen molar-refractivity contribution in [2.24, 2.45) is 0 Å². The fourth-order valence-corrected chi connectivity index (χ4v) is 2.79. The Morgan fingerprint density at radius 3 is 2.81 bits per heavy atom. The summed E-state index contributed by atoms with van der Waals surface area (Å²) in [7, 11) is 0. The van der Waals surface area contributed by atoms with Gasteiger partial charge in [0.2, 0.25) is 0 Å². The summed E-state index contributed by atoms with van der Waals surface area (Å²) in [4.78, 5) is 10.5. The third-order valence-corrected chi connectivity index (χ3v) is 3.80. The standard InChI is InChI=1S/C15H15ClN2O3/c16-10-4-6-11(7-5-10)18-14-3-1-2-12(14)13(17-18)8-21-9-15(19)20/h4-7H,1-3,8-9H2,(H,19,20). The largest absolute Gasteiger partial charge is 0.480 e. The average Bonchev–Trinajstić information content (AvgIpc) is 3.03. The van der Waals surface area contributed by atoms with Crippen LogP contribution in [0.15, 0.2) is 24.3 Å². The molecule has 0 fully saturated rings. The summed E-state index contributed by atoms with van der Waals surface area (Å²) in [6, 6.07) is 7.52. The van der Waals surface area contributed by atoms with Crippen LogP contribution in [0.4, 0.5) is 0 Å².